The molecule has 0 atom stereocenters. The first-order valence-electron chi connectivity index (χ1n) is 9.44. The van der Waals surface area contributed by atoms with Crippen LogP contribution < -0.4 is 10.1 Å². The maximum atomic E-state index is 13.7. The molecule has 9 heteroatoms. The molecule has 1 N–H and O–H groups in total. The first-order chi connectivity index (χ1) is 14.0. The number of carbonyl (C=O) groups is 2. The molecule has 0 spiro atoms. The van der Waals surface area contributed by atoms with Crippen molar-refractivity contribution in [2.24, 2.45) is 0 Å². The Bertz CT molecular complexity index is 874. The summed E-state index contributed by atoms with van der Waals surface area (Å²) in [5.41, 5.74) is -0.0517. The minimum Gasteiger partial charge on any atom is -0.492 e. The summed E-state index contributed by atoms with van der Waals surface area (Å²) in [5.74, 6) is -1.36. The first kappa shape index (κ1) is 21.2. The van der Waals surface area contributed by atoms with Crippen LogP contribution in [0.4, 0.5) is 14.5 Å². The Kier molecular flexibility index (Phi) is 7.16. The molecule has 0 radical (unpaired) electrons. The molecule has 0 aliphatic carbocycles. The molecule has 1 aliphatic rings. The highest BCUT2D eigenvalue weighted by Crippen LogP contribution is 2.27. The molecule has 3 rings (SSSR count). The summed E-state index contributed by atoms with van der Waals surface area (Å²) >= 11 is 1.36. The van der Waals surface area contributed by atoms with Crippen LogP contribution in [-0.4, -0.2) is 60.9 Å². The second-order valence-corrected chi connectivity index (χ2v) is 7.56. The minimum absolute atomic E-state index is 0.0517. The number of amides is 2. The zero-order valence-electron chi connectivity index (χ0n) is 16.1. The van der Waals surface area contributed by atoms with Crippen LogP contribution in [0.3, 0.4) is 0 Å². The molecule has 1 fully saturated rings. The van der Waals surface area contributed by atoms with Gasteiger partial charge in [0.25, 0.3) is 5.91 Å². The number of nitrogens with one attached hydrogen (secondary N) is 1. The van der Waals surface area contributed by atoms with Crippen LogP contribution in [-0.2, 0) is 4.79 Å². The zero-order valence-corrected chi connectivity index (χ0v) is 16.9. The van der Waals surface area contributed by atoms with E-state index in [1.54, 1.807) is 11.0 Å². The van der Waals surface area contributed by atoms with Crippen molar-refractivity contribution in [3.8, 4) is 5.75 Å². The molecule has 1 aliphatic heterocycles. The highest BCUT2D eigenvalue weighted by Gasteiger charge is 2.24. The molecular formula is C20H23F2N3O3S. The lowest BCUT2D eigenvalue weighted by Gasteiger charge is -2.21. The Morgan fingerprint density at radius 3 is 2.76 bits per heavy atom. The van der Waals surface area contributed by atoms with E-state index in [4.69, 9.17) is 4.74 Å². The van der Waals surface area contributed by atoms with Crippen LogP contribution in [0.1, 0.15) is 23.0 Å². The van der Waals surface area contributed by atoms with E-state index in [0.29, 0.717) is 43.4 Å². The van der Waals surface area contributed by atoms with Gasteiger partial charge in [0.15, 0.2) is 0 Å². The van der Waals surface area contributed by atoms with E-state index >= 15 is 0 Å². The van der Waals surface area contributed by atoms with Crippen molar-refractivity contribution in [3.05, 3.63) is 46.2 Å². The van der Waals surface area contributed by atoms with Gasteiger partial charge in [0, 0.05) is 32.2 Å². The molecule has 156 valence electrons. The number of hydrogen-bond donors (Lipinski definition) is 1. The van der Waals surface area contributed by atoms with Crippen molar-refractivity contribution in [1.82, 2.24) is 9.80 Å². The van der Waals surface area contributed by atoms with E-state index in [1.807, 2.05) is 17.2 Å². The van der Waals surface area contributed by atoms with Gasteiger partial charge in [0.05, 0.1) is 18.8 Å². The number of hydrogen-bond acceptors (Lipinski definition) is 5. The number of thiophene rings is 1. The Balaban J connectivity index is 1.54. The van der Waals surface area contributed by atoms with Gasteiger partial charge in [0.2, 0.25) is 5.91 Å². The third-order valence-electron chi connectivity index (χ3n) is 4.57. The molecule has 1 aromatic heterocycles. The molecular weight excluding hydrogens is 400 g/mol. The largest absolute Gasteiger partial charge is 0.492 e. The van der Waals surface area contributed by atoms with E-state index in [1.165, 1.54) is 17.4 Å². The lowest BCUT2D eigenvalue weighted by molar-refractivity contribution is -0.117. The van der Waals surface area contributed by atoms with Crippen LogP contribution in [0.5, 0.6) is 5.75 Å². The zero-order chi connectivity index (χ0) is 20.8. The summed E-state index contributed by atoms with van der Waals surface area (Å²) in [6.07, 6.45) is 0.722. The molecule has 0 bridgehead atoms. The Morgan fingerprint density at radius 2 is 2.00 bits per heavy atom. The molecule has 2 aromatic rings. The van der Waals surface area contributed by atoms with Crippen molar-refractivity contribution in [3.63, 3.8) is 0 Å². The second kappa shape index (κ2) is 9.80. The molecule has 1 aromatic carbocycles. The van der Waals surface area contributed by atoms with Crippen molar-refractivity contribution < 1.29 is 23.1 Å². The van der Waals surface area contributed by atoms with Crippen LogP contribution in [0, 0.1) is 11.6 Å². The first-order valence-corrected chi connectivity index (χ1v) is 10.3. The monoisotopic (exact) mass is 423 g/mol. The fourth-order valence-corrected chi connectivity index (χ4v) is 3.98. The lowest BCUT2D eigenvalue weighted by atomic mass is 10.3. The normalized spacial score (nSPS) is 15.1. The summed E-state index contributed by atoms with van der Waals surface area (Å²) < 4.78 is 32.2. The molecule has 6 nitrogen and oxygen atoms in total. The summed E-state index contributed by atoms with van der Waals surface area (Å²) in [7, 11) is 0. The van der Waals surface area contributed by atoms with Crippen molar-refractivity contribution >= 4 is 28.8 Å². The average Bonchev–Trinajstić information content (AvgIpc) is 3.02. The summed E-state index contributed by atoms with van der Waals surface area (Å²) in [6, 6.07) is 4.81. The van der Waals surface area contributed by atoms with Gasteiger partial charge in [-0.3, -0.25) is 14.5 Å². The highest BCUT2D eigenvalue weighted by atomic mass is 32.1. The Labute approximate surface area is 172 Å². The van der Waals surface area contributed by atoms with Gasteiger partial charge in [-0.15, -0.1) is 11.3 Å². The molecule has 0 saturated carbocycles. The van der Waals surface area contributed by atoms with Crippen LogP contribution in [0.2, 0.25) is 0 Å². The third kappa shape index (κ3) is 5.51. The number of nitrogens with zero attached hydrogens (tertiary/aromatic N) is 2. The predicted molar refractivity (Wildman–Crippen MR) is 107 cm³/mol. The second-order valence-electron chi connectivity index (χ2n) is 6.64. The topological polar surface area (TPSA) is 61.9 Å². The Hall–Kier alpha value is -2.52. The van der Waals surface area contributed by atoms with Crippen LogP contribution in [0.15, 0.2) is 29.6 Å². The lowest BCUT2D eigenvalue weighted by Crippen LogP contribution is -2.38. The maximum Gasteiger partial charge on any atom is 0.267 e. The van der Waals surface area contributed by atoms with E-state index < -0.39 is 11.6 Å². The number of rotatable bonds is 6. The van der Waals surface area contributed by atoms with Gasteiger partial charge in [-0.05, 0) is 36.9 Å². The average molecular weight is 423 g/mol. The van der Waals surface area contributed by atoms with Crippen molar-refractivity contribution in [1.29, 1.82) is 0 Å². The number of carbonyl (C=O) groups excluding carboxylic acids is 2. The van der Waals surface area contributed by atoms with E-state index in [2.05, 4.69) is 5.32 Å². The fraction of sp³-hybridized carbons (Fsp3) is 0.400. The summed E-state index contributed by atoms with van der Waals surface area (Å²) in [5, 5.41) is 4.30. The number of ether oxygens (including phenoxy) is 1. The standard InChI is InChI=1S/C20H23F2N3O3S/c1-2-28-17-6-11-29-19(17)20(27)25-8-3-7-24(9-10-25)13-18(26)23-16-5-4-14(21)12-15(16)22/h4-6,11-12H,2-3,7-10,13H2,1H3,(H,23,26). The molecule has 29 heavy (non-hydrogen) atoms. The number of benzene rings is 1. The van der Waals surface area contributed by atoms with Gasteiger partial charge in [-0.2, -0.15) is 0 Å². The van der Waals surface area contributed by atoms with E-state index in [0.717, 1.165) is 18.6 Å². The van der Waals surface area contributed by atoms with E-state index in [9.17, 15) is 18.4 Å². The van der Waals surface area contributed by atoms with Gasteiger partial charge in [-0.1, -0.05) is 0 Å². The Morgan fingerprint density at radius 1 is 1.17 bits per heavy atom. The highest BCUT2D eigenvalue weighted by molar-refractivity contribution is 7.12. The number of halogens is 2. The quantitative estimate of drug-likeness (QED) is 0.775. The SMILES string of the molecule is CCOc1ccsc1C(=O)N1CCCN(CC(=O)Nc2ccc(F)cc2F)CC1. The van der Waals surface area contributed by atoms with E-state index in [-0.39, 0.29) is 24.0 Å². The van der Waals surface area contributed by atoms with Gasteiger partial charge < -0.3 is 15.0 Å². The molecule has 1 saturated heterocycles. The van der Waals surface area contributed by atoms with Gasteiger partial charge in [0.1, 0.15) is 22.3 Å². The third-order valence-corrected chi connectivity index (χ3v) is 5.46. The molecule has 2 amide bonds. The van der Waals surface area contributed by atoms with Crippen LogP contribution in [0.25, 0.3) is 0 Å². The maximum absolute atomic E-state index is 13.7. The van der Waals surface area contributed by atoms with Crippen molar-refractivity contribution in [2.75, 3.05) is 44.6 Å². The smallest absolute Gasteiger partial charge is 0.267 e. The summed E-state index contributed by atoms with van der Waals surface area (Å²) in [6.45, 7) is 4.69. The van der Waals surface area contributed by atoms with Crippen LogP contribution >= 0.6 is 11.3 Å². The predicted octanol–water partition coefficient (Wildman–Crippen LogP) is 3.21. The number of anilines is 1. The molecule has 0 unspecified atom stereocenters. The summed E-state index contributed by atoms with van der Waals surface area (Å²) in [4.78, 5) is 29.3. The van der Waals surface area contributed by atoms with Gasteiger partial charge in [-0.25, -0.2) is 8.78 Å². The van der Waals surface area contributed by atoms with Gasteiger partial charge >= 0.3 is 0 Å². The molecule has 2 heterocycles. The fourth-order valence-electron chi connectivity index (χ4n) is 3.18. The minimum atomic E-state index is -0.813. The van der Waals surface area contributed by atoms with Crippen molar-refractivity contribution in [2.45, 2.75) is 13.3 Å².